The summed E-state index contributed by atoms with van der Waals surface area (Å²) >= 11 is 6.97. The summed E-state index contributed by atoms with van der Waals surface area (Å²) in [7, 11) is 0. The zero-order valence-corrected chi connectivity index (χ0v) is 14.4. The molecule has 0 amide bonds. The van der Waals surface area contributed by atoms with Crippen molar-refractivity contribution in [2.45, 2.75) is 32.2 Å². The molecular formula is C15H19Br2NO2. The standard InChI is InChI=1S/C15H19Br2NO2/c16-13-6-3-11(7-14(13)17)9-18-8-10-1-4-12(5-2-10)15(19)20/h3,6-7,10,12,18H,1-2,4-5,8-9H2,(H,19,20). The lowest BCUT2D eigenvalue weighted by atomic mass is 9.82. The van der Waals surface area contributed by atoms with Gasteiger partial charge in [-0.05, 0) is 87.7 Å². The van der Waals surface area contributed by atoms with Crippen LogP contribution in [0.3, 0.4) is 0 Å². The van der Waals surface area contributed by atoms with Crippen molar-refractivity contribution < 1.29 is 9.90 Å². The molecule has 1 fully saturated rings. The number of nitrogens with one attached hydrogen (secondary N) is 1. The molecule has 1 aromatic carbocycles. The molecule has 0 radical (unpaired) electrons. The Morgan fingerprint density at radius 2 is 1.90 bits per heavy atom. The minimum atomic E-state index is -0.629. The van der Waals surface area contributed by atoms with Gasteiger partial charge in [0.25, 0.3) is 0 Å². The predicted molar refractivity (Wildman–Crippen MR) is 86.6 cm³/mol. The van der Waals surface area contributed by atoms with E-state index in [-0.39, 0.29) is 5.92 Å². The first-order valence-electron chi connectivity index (χ1n) is 6.93. The topological polar surface area (TPSA) is 49.3 Å². The molecule has 20 heavy (non-hydrogen) atoms. The van der Waals surface area contributed by atoms with Gasteiger partial charge in [-0.15, -0.1) is 0 Å². The van der Waals surface area contributed by atoms with Crippen LogP contribution in [0.4, 0.5) is 0 Å². The molecule has 110 valence electrons. The van der Waals surface area contributed by atoms with Crippen molar-refractivity contribution in [3.8, 4) is 0 Å². The van der Waals surface area contributed by atoms with Crippen LogP contribution in [0.1, 0.15) is 31.2 Å². The van der Waals surface area contributed by atoms with Gasteiger partial charge < -0.3 is 10.4 Å². The van der Waals surface area contributed by atoms with E-state index in [0.717, 1.165) is 47.7 Å². The number of carbonyl (C=O) groups is 1. The van der Waals surface area contributed by atoms with Gasteiger partial charge >= 0.3 is 5.97 Å². The maximum Gasteiger partial charge on any atom is 0.306 e. The Labute approximate surface area is 136 Å². The first-order chi connectivity index (χ1) is 9.56. The highest BCUT2D eigenvalue weighted by Crippen LogP contribution is 2.28. The fourth-order valence-electron chi connectivity index (χ4n) is 2.68. The molecule has 2 N–H and O–H groups in total. The van der Waals surface area contributed by atoms with E-state index in [1.54, 1.807) is 0 Å². The highest BCUT2D eigenvalue weighted by molar-refractivity contribution is 9.13. The second-order valence-electron chi connectivity index (χ2n) is 5.44. The van der Waals surface area contributed by atoms with Crippen molar-refractivity contribution in [3.05, 3.63) is 32.7 Å². The number of rotatable bonds is 5. The Balaban J connectivity index is 1.71. The van der Waals surface area contributed by atoms with Crippen LogP contribution in [-0.4, -0.2) is 17.6 Å². The molecule has 0 saturated heterocycles. The maximum atomic E-state index is 10.9. The number of benzene rings is 1. The third-order valence-electron chi connectivity index (χ3n) is 3.94. The molecule has 0 atom stereocenters. The Morgan fingerprint density at radius 3 is 2.50 bits per heavy atom. The second kappa shape index (κ2) is 7.57. The highest BCUT2D eigenvalue weighted by Gasteiger charge is 2.25. The SMILES string of the molecule is O=C(O)C1CCC(CNCc2ccc(Br)c(Br)c2)CC1. The van der Waals surface area contributed by atoms with E-state index in [9.17, 15) is 4.79 Å². The predicted octanol–water partition coefficient (Wildman–Crippen LogP) is 4.19. The van der Waals surface area contributed by atoms with Gasteiger partial charge in [-0.1, -0.05) is 6.07 Å². The van der Waals surface area contributed by atoms with Crippen molar-refractivity contribution in [1.29, 1.82) is 0 Å². The molecule has 5 heteroatoms. The van der Waals surface area contributed by atoms with Crippen molar-refractivity contribution in [2.24, 2.45) is 11.8 Å². The largest absolute Gasteiger partial charge is 0.481 e. The number of hydrogen-bond acceptors (Lipinski definition) is 2. The number of aliphatic carboxylic acids is 1. The van der Waals surface area contributed by atoms with Gasteiger partial charge in [-0.2, -0.15) is 0 Å². The Morgan fingerprint density at radius 1 is 1.20 bits per heavy atom. The van der Waals surface area contributed by atoms with Crippen LogP contribution < -0.4 is 5.32 Å². The van der Waals surface area contributed by atoms with Crippen molar-refractivity contribution in [2.75, 3.05) is 6.54 Å². The molecule has 1 aromatic rings. The van der Waals surface area contributed by atoms with Crippen LogP contribution in [0.2, 0.25) is 0 Å². The van der Waals surface area contributed by atoms with E-state index in [0.29, 0.717) is 5.92 Å². The van der Waals surface area contributed by atoms with Gasteiger partial charge in [0, 0.05) is 15.5 Å². The van der Waals surface area contributed by atoms with Crippen molar-refractivity contribution in [1.82, 2.24) is 5.32 Å². The van der Waals surface area contributed by atoms with E-state index in [1.807, 2.05) is 6.07 Å². The van der Waals surface area contributed by atoms with Crippen LogP contribution in [0, 0.1) is 11.8 Å². The molecule has 0 spiro atoms. The van der Waals surface area contributed by atoms with Gasteiger partial charge in [0.2, 0.25) is 0 Å². The average Bonchev–Trinajstić information content (AvgIpc) is 2.43. The third kappa shape index (κ3) is 4.57. The molecule has 3 nitrogen and oxygen atoms in total. The molecular weight excluding hydrogens is 386 g/mol. The normalized spacial score (nSPS) is 22.7. The molecule has 0 heterocycles. The monoisotopic (exact) mass is 403 g/mol. The minimum absolute atomic E-state index is 0.117. The maximum absolute atomic E-state index is 10.9. The van der Waals surface area contributed by atoms with E-state index in [1.165, 1.54) is 5.56 Å². The lowest BCUT2D eigenvalue weighted by Gasteiger charge is -2.26. The lowest BCUT2D eigenvalue weighted by molar-refractivity contribution is -0.143. The first kappa shape index (κ1) is 16.0. The van der Waals surface area contributed by atoms with Gasteiger partial charge in [-0.3, -0.25) is 4.79 Å². The first-order valence-corrected chi connectivity index (χ1v) is 8.52. The zero-order valence-electron chi connectivity index (χ0n) is 11.2. The molecule has 0 unspecified atom stereocenters. The summed E-state index contributed by atoms with van der Waals surface area (Å²) in [6.07, 6.45) is 3.69. The van der Waals surface area contributed by atoms with Gasteiger partial charge in [0.05, 0.1) is 5.92 Å². The minimum Gasteiger partial charge on any atom is -0.481 e. The molecule has 0 aromatic heterocycles. The van der Waals surface area contributed by atoms with Crippen LogP contribution in [0.5, 0.6) is 0 Å². The summed E-state index contributed by atoms with van der Waals surface area (Å²) < 4.78 is 2.13. The quantitative estimate of drug-likeness (QED) is 0.773. The summed E-state index contributed by atoms with van der Waals surface area (Å²) in [5.74, 6) is -0.130. The van der Waals surface area contributed by atoms with E-state index >= 15 is 0 Å². The van der Waals surface area contributed by atoms with Crippen LogP contribution in [0.15, 0.2) is 27.1 Å². The van der Waals surface area contributed by atoms with Gasteiger partial charge in [0.1, 0.15) is 0 Å². The van der Waals surface area contributed by atoms with Gasteiger partial charge in [-0.25, -0.2) is 0 Å². The van der Waals surface area contributed by atoms with E-state index in [2.05, 4.69) is 49.3 Å². The zero-order chi connectivity index (χ0) is 14.5. The average molecular weight is 405 g/mol. The van der Waals surface area contributed by atoms with Gasteiger partial charge in [0.15, 0.2) is 0 Å². The number of halogens is 2. The summed E-state index contributed by atoms with van der Waals surface area (Å²) in [5, 5.41) is 12.5. The smallest absolute Gasteiger partial charge is 0.306 e. The number of carboxylic acid groups (broad SMARTS) is 1. The van der Waals surface area contributed by atoms with E-state index < -0.39 is 5.97 Å². The van der Waals surface area contributed by atoms with Crippen molar-refractivity contribution in [3.63, 3.8) is 0 Å². The molecule has 0 aliphatic heterocycles. The fourth-order valence-corrected chi connectivity index (χ4v) is 3.36. The van der Waals surface area contributed by atoms with Crippen LogP contribution in [0.25, 0.3) is 0 Å². The van der Waals surface area contributed by atoms with Crippen molar-refractivity contribution >= 4 is 37.8 Å². The van der Waals surface area contributed by atoms with E-state index in [4.69, 9.17) is 5.11 Å². The molecule has 1 saturated carbocycles. The second-order valence-corrected chi connectivity index (χ2v) is 7.14. The molecule has 1 aliphatic carbocycles. The highest BCUT2D eigenvalue weighted by atomic mass is 79.9. The summed E-state index contributed by atoms with van der Waals surface area (Å²) in [6, 6.07) is 6.25. The Hall–Kier alpha value is -0.390. The fraction of sp³-hybridized carbons (Fsp3) is 0.533. The third-order valence-corrected chi connectivity index (χ3v) is 5.82. The van der Waals surface area contributed by atoms with Crippen LogP contribution in [-0.2, 0) is 11.3 Å². The number of hydrogen-bond donors (Lipinski definition) is 2. The lowest BCUT2D eigenvalue weighted by Crippen LogP contribution is -2.28. The summed E-state index contributed by atoms with van der Waals surface area (Å²) in [5.41, 5.74) is 1.25. The number of carboxylic acids is 1. The molecule has 1 aliphatic rings. The molecule has 0 bridgehead atoms. The Kier molecular flexibility index (Phi) is 6.05. The Bertz CT molecular complexity index is 471. The van der Waals surface area contributed by atoms with Crippen LogP contribution >= 0.6 is 31.9 Å². The summed E-state index contributed by atoms with van der Waals surface area (Å²) in [4.78, 5) is 10.9. The molecule has 2 rings (SSSR count). The summed E-state index contributed by atoms with van der Waals surface area (Å²) in [6.45, 7) is 1.82.